The van der Waals surface area contributed by atoms with Crippen molar-refractivity contribution in [3.05, 3.63) is 30.1 Å². The van der Waals surface area contributed by atoms with Gasteiger partial charge < -0.3 is 14.2 Å². The molecule has 0 saturated carbocycles. The first-order chi connectivity index (χ1) is 11.2. The topological polar surface area (TPSA) is 43.8 Å². The van der Waals surface area contributed by atoms with Crippen molar-refractivity contribution in [1.29, 1.82) is 0 Å². The largest absolute Gasteiger partial charge is 0.493 e. The molecule has 2 heterocycles. The Labute approximate surface area is 137 Å². The second kappa shape index (κ2) is 7.15. The maximum Gasteiger partial charge on any atom is 0.161 e. The van der Waals surface area contributed by atoms with Crippen LogP contribution in [0.2, 0.25) is 0 Å². The van der Waals surface area contributed by atoms with Gasteiger partial charge in [0.2, 0.25) is 0 Å². The van der Waals surface area contributed by atoms with Gasteiger partial charge in [-0.25, -0.2) is 0 Å². The molecular formula is C18H24N2O3. The Morgan fingerprint density at radius 3 is 2.57 bits per heavy atom. The number of hydrogen-bond donors (Lipinski definition) is 0. The van der Waals surface area contributed by atoms with E-state index in [1.807, 2.05) is 24.4 Å². The highest BCUT2D eigenvalue weighted by Crippen LogP contribution is 2.33. The first-order valence-corrected chi connectivity index (χ1v) is 8.04. The van der Waals surface area contributed by atoms with E-state index in [0.29, 0.717) is 6.04 Å². The molecule has 1 unspecified atom stereocenters. The quantitative estimate of drug-likeness (QED) is 0.848. The van der Waals surface area contributed by atoms with Gasteiger partial charge in [-0.15, -0.1) is 0 Å². The molecule has 1 aliphatic heterocycles. The fraction of sp³-hybridized carbons (Fsp3) is 0.500. The summed E-state index contributed by atoms with van der Waals surface area (Å²) >= 11 is 0. The third-order valence-electron chi connectivity index (χ3n) is 4.51. The van der Waals surface area contributed by atoms with Crippen LogP contribution >= 0.6 is 0 Å². The molecule has 1 aromatic carbocycles. The number of pyridine rings is 1. The number of methoxy groups -OCH3 is 2. The zero-order chi connectivity index (χ0) is 16.2. The van der Waals surface area contributed by atoms with Crippen LogP contribution in [0.25, 0.3) is 10.8 Å². The maximum absolute atomic E-state index is 5.44. The lowest BCUT2D eigenvalue weighted by Crippen LogP contribution is -2.43. The minimum atomic E-state index is 0.435. The van der Waals surface area contributed by atoms with Gasteiger partial charge in [0.05, 0.1) is 27.4 Å². The lowest BCUT2D eigenvalue weighted by Gasteiger charge is -2.32. The van der Waals surface area contributed by atoms with Crippen molar-refractivity contribution < 1.29 is 14.2 Å². The highest BCUT2D eigenvalue weighted by molar-refractivity contribution is 5.87. The molecule has 0 radical (unpaired) electrons. The van der Waals surface area contributed by atoms with Crippen LogP contribution in [-0.2, 0) is 11.2 Å². The molecule has 1 aliphatic rings. The van der Waals surface area contributed by atoms with Gasteiger partial charge in [0.1, 0.15) is 0 Å². The smallest absolute Gasteiger partial charge is 0.161 e. The van der Waals surface area contributed by atoms with E-state index in [1.54, 1.807) is 14.2 Å². The average Bonchev–Trinajstić information content (AvgIpc) is 2.61. The molecule has 1 atom stereocenters. The third-order valence-corrected chi connectivity index (χ3v) is 4.51. The molecule has 0 amide bonds. The van der Waals surface area contributed by atoms with E-state index < -0.39 is 0 Å². The van der Waals surface area contributed by atoms with Crippen molar-refractivity contribution in [3.63, 3.8) is 0 Å². The van der Waals surface area contributed by atoms with Gasteiger partial charge in [-0.3, -0.25) is 9.88 Å². The number of benzene rings is 1. The van der Waals surface area contributed by atoms with Crippen molar-refractivity contribution in [1.82, 2.24) is 9.88 Å². The SMILES string of the molecule is COc1cc2ccnc(CC(C)N3CCOCC3)c2cc1OC. The highest BCUT2D eigenvalue weighted by Gasteiger charge is 2.19. The molecule has 2 aromatic rings. The molecule has 5 heteroatoms. The highest BCUT2D eigenvalue weighted by atomic mass is 16.5. The summed E-state index contributed by atoms with van der Waals surface area (Å²) in [4.78, 5) is 7.08. The van der Waals surface area contributed by atoms with Gasteiger partial charge in [-0.2, -0.15) is 0 Å². The Bertz CT molecular complexity index is 669. The van der Waals surface area contributed by atoms with Crippen molar-refractivity contribution in [3.8, 4) is 11.5 Å². The average molecular weight is 316 g/mol. The first kappa shape index (κ1) is 16.0. The summed E-state index contributed by atoms with van der Waals surface area (Å²) in [6.07, 6.45) is 2.78. The van der Waals surface area contributed by atoms with Crippen molar-refractivity contribution in [2.75, 3.05) is 40.5 Å². The maximum atomic E-state index is 5.44. The van der Waals surface area contributed by atoms with E-state index in [0.717, 1.165) is 60.7 Å². The predicted octanol–water partition coefficient (Wildman–Crippen LogP) is 2.52. The lowest BCUT2D eigenvalue weighted by molar-refractivity contribution is 0.0202. The summed E-state index contributed by atoms with van der Waals surface area (Å²) in [6, 6.07) is 6.49. The number of morpholine rings is 1. The second-order valence-electron chi connectivity index (χ2n) is 5.89. The molecule has 1 aromatic heterocycles. The van der Waals surface area contributed by atoms with Gasteiger partial charge in [-0.05, 0) is 30.5 Å². The van der Waals surface area contributed by atoms with Crippen LogP contribution in [0.15, 0.2) is 24.4 Å². The van der Waals surface area contributed by atoms with Crippen molar-refractivity contribution >= 4 is 10.8 Å². The number of ether oxygens (including phenoxy) is 3. The van der Waals surface area contributed by atoms with Gasteiger partial charge >= 0.3 is 0 Å². The van der Waals surface area contributed by atoms with Gasteiger partial charge in [0, 0.05) is 42.8 Å². The summed E-state index contributed by atoms with van der Waals surface area (Å²) in [5.41, 5.74) is 1.10. The molecule has 0 aliphatic carbocycles. The van der Waals surface area contributed by atoms with Crippen LogP contribution in [0.5, 0.6) is 11.5 Å². The molecule has 1 fully saturated rings. The van der Waals surface area contributed by atoms with Crippen LogP contribution in [0, 0.1) is 0 Å². The Kier molecular flexibility index (Phi) is 4.98. The zero-order valence-corrected chi connectivity index (χ0v) is 14.0. The Hall–Kier alpha value is -1.85. The third kappa shape index (κ3) is 3.41. The molecule has 0 spiro atoms. The van der Waals surface area contributed by atoms with Crippen LogP contribution < -0.4 is 9.47 Å². The van der Waals surface area contributed by atoms with Gasteiger partial charge in [0.25, 0.3) is 0 Å². The van der Waals surface area contributed by atoms with Crippen LogP contribution in [0.4, 0.5) is 0 Å². The molecule has 5 nitrogen and oxygen atoms in total. The van der Waals surface area contributed by atoms with E-state index in [-0.39, 0.29) is 0 Å². The molecule has 0 bridgehead atoms. The fourth-order valence-electron chi connectivity index (χ4n) is 3.15. The summed E-state index contributed by atoms with van der Waals surface area (Å²) < 4.78 is 16.3. The number of aromatic nitrogens is 1. The van der Waals surface area contributed by atoms with Crippen LogP contribution in [-0.4, -0.2) is 56.4 Å². The predicted molar refractivity (Wildman–Crippen MR) is 90.4 cm³/mol. The normalized spacial score (nSPS) is 17.2. The monoisotopic (exact) mass is 316 g/mol. The summed E-state index contributed by atoms with van der Waals surface area (Å²) in [5.74, 6) is 1.49. The van der Waals surface area contributed by atoms with E-state index in [9.17, 15) is 0 Å². The summed E-state index contributed by atoms with van der Waals surface area (Å²) in [6.45, 7) is 5.87. The minimum Gasteiger partial charge on any atom is -0.493 e. The molecule has 124 valence electrons. The Morgan fingerprint density at radius 1 is 1.17 bits per heavy atom. The zero-order valence-electron chi connectivity index (χ0n) is 14.0. The number of rotatable bonds is 5. The summed E-state index contributed by atoms with van der Waals surface area (Å²) in [7, 11) is 3.32. The van der Waals surface area contributed by atoms with Crippen molar-refractivity contribution in [2.24, 2.45) is 0 Å². The number of nitrogens with zero attached hydrogens (tertiary/aromatic N) is 2. The van der Waals surface area contributed by atoms with Crippen LogP contribution in [0.3, 0.4) is 0 Å². The molecule has 23 heavy (non-hydrogen) atoms. The lowest BCUT2D eigenvalue weighted by atomic mass is 10.0. The van der Waals surface area contributed by atoms with Gasteiger partial charge in [-0.1, -0.05) is 0 Å². The van der Waals surface area contributed by atoms with E-state index >= 15 is 0 Å². The van der Waals surface area contributed by atoms with Crippen LogP contribution in [0.1, 0.15) is 12.6 Å². The molecule has 1 saturated heterocycles. The van der Waals surface area contributed by atoms with E-state index in [4.69, 9.17) is 14.2 Å². The first-order valence-electron chi connectivity index (χ1n) is 8.04. The molecular weight excluding hydrogens is 292 g/mol. The molecule has 3 rings (SSSR count). The summed E-state index contributed by atoms with van der Waals surface area (Å²) in [5, 5.41) is 2.26. The van der Waals surface area contributed by atoms with Gasteiger partial charge in [0.15, 0.2) is 11.5 Å². The Balaban J connectivity index is 1.90. The number of hydrogen-bond acceptors (Lipinski definition) is 5. The van der Waals surface area contributed by atoms with E-state index in [1.165, 1.54) is 0 Å². The Morgan fingerprint density at radius 2 is 1.87 bits per heavy atom. The van der Waals surface area contributed by atoms with E-state index in [2.05, 4.69) is 16.8 Å². The number of fused-ring (bicyclic) bond motifs is 1. The second-order valence-corrected chi connectivity index (χ2v) is 5.89. The standard InChI is InChI=1S/C18H24N2O3/c1-13(20-6-8-23-9-7-20)10-16-15-12-18(22-3)17(21-2)11-14(15)4-5-19-16/h4-5,11-13H,6-10H2,1-3H3. The van der Waals surface area contributed by atoms with Crippen molar-refractivity contribution in [2.45, 2.75) is 19.4 Å². The molecule has 0 N–H and O–H groups in total. The minimum absolute atomic E-state index is 0.435. The fourth-order valence-corrected chi connectivity index (χ4v) is 3.15.